The van der Waals surface area contributed by atoms with Gasteiger partial charge in [0.05, 0.1) is 10.5 Å². The van der Waals surface area contributed by atoms with Crippen LogP contribution in [-0.2, 0) is 10.0 Å². The van der Waals surface area contributed by atoms with Gasteiger partial charge in [0, 0.05) is 4.88 Å². The summed E-state index contributed by atoms with van der Waals surface area (Å²) in [5, 5.41) is 0. The molecule has 1 aromatic heterocycles. The van der Waals surface area contributed by atoms with Crippen molar-refractivity contribution in [1.82, 2.24) is 4.72 Å². The first-order valence-electron chi connectivity index (χ1n) is 6.65. The Hall–Kier alpha value is -0.500. The Morgan fingerprint density at radius 3 is 2.50 bits per heavy atom. The van der Waals surface area contributed by atoms with Gasteiger partial charge in [0.25, 0.3) is 10.0 Å². The molecule has 1 aliphatic carbocycles. The number of hydrogen-bond acceptors (Lipinski definition) is 4. The first-order valence-corrected chi connectivity index (χ1v) is 9.36. The summed E-state index contributed by atoms with van der Waals surface area (Å²) in [7, 11) is -3.56. The average Bonchev–Trinajstić information content (AvgIpc) is 2.79. The van der Waals surface area contributed by atoms with Crippen molar-refractivity contribution in [1.29, 1.82) is 0 Å². The monoisotopic (exact) mass is 332 g/mol. The predicted octanol–water partition coefficient (Wildman–Crippen LogP) is 2.57. The highest BCUT2D eigenvalue weighted by Crippen LogP contribution is 2.34. The van der Waals surface area contributed by atoms with Gasteiger partial charge in [0.15, 0.2) is 0 Å². The van der Waals surface area contributed by atoms with Crippen LogP contribution in [-0.4, -0.2) is 18.9 Å². The van der Waals surface area contributed by atoms with E-state index in [4.69, 9.17) is 18.0 Å². The number of aryl methyl sites for hydroxylation is 1. The molecule has 1 heterocycles. The van der Waals surface area contributed by atoms with E-state index in [1.807, 2.05) is 6.92 Å². The number of thiophene rings is 1. The van der Waals surface area contributed by atoms with Crippen molar-refractivity contribution in [3.05, 3.63) is 17.0 Å². The molecule has 0 aromatic carbocycles. The van der Waals surface area contributed by atoms with Gasteiger partial charge in [-0.1, -0.05) is 19.1 Å². The topological polar surface area (TPSA) is 72.2 Å². The lowest BCUT2D eigenvalue weighted by Gasteiger charge is -2.38. The molecule has 20 heavy (non-hydrogen) atoms. The SMILES string of the molecule is Cc1ccc(S(=O)(=O)NC2(C(N)=S)CCC(C)CC2)s1. The average molecular weight is 333 g/mol. The van der Waals surface area contributed by atoms with Gasteiger partial charge in [-0.3, -0.25) is 0 Å². The van der Waals surface area contributed by atoms with Gasteiger partial charge in [-0.15, -0.1) is 11.3 Å². The fraction of sp³-hybridized carbons (Fsp3) is 0.615. The fourth-order valence-corrected chi connectivity index (χ4v) is 5.56. The van der Waals surface area contributed by atoms with Gasteiger partial charge >= 0.3 is 0 Å². The van der Waals surface area contributed by atoms with E-state index in [0.29, 0.717) is 23.0 Å². The summed E-state index contributed by atoms with van der Waals surface area (Å²) in [5.41, 5.74) is 5.08. The maximum absolute atomic E-state index is 12.5. The summed E-state index contributed by atoms with van der Waals surface area (Å²) in [6.07, 6.45) is 3.22. The second-order valence-electron chi connectivity index (χ2n) is 5.60. The molecule has 0 aliphatic heterocycles. The van der Waals surface area contributed by atoms with Crippen LogP contribution in [0.4, 0.5) is 0 Å². The van der Waals surface area contributed by atoms with Crippen LogP contribution in [0.15, 0.2) is 16.3 Å². The number of thiocarbonyl (C=S) groups is 1. The molecule has 1 saturated carbocycles. The van der Waals surface area contributed by atoms with Crippen molar-refractivity contribution in [3.8, 4) is 0 Å². The van der Waals surface area contributed by atoms with Crippen LogP contribution in [0.5, 0.6) is 0 Å². The van der Waals surface area contributed by atoms with Crippen LogP contribution in [0.3, 0.4) is 0 Å². The van der Waals surface area contributed by atoms with Crippen LogP contribution in [0.25, 0.3) is 0 Å². The van der Waals surface area contributed by atoms with E-state index < -0.39 is 15.6 Å². The first kappa shape index (κ1) is 15.9. The van der Waals surface area contributed by atoms with E-state index in [9.17, 15) is 8.42 Å². The molecule has 0 radical (unpaired) electrons. The first-order chi connectivity index (χ1) is 9.25. The van der Waals surface area contributed by atoms with Gasteiger partial charge in [-0.2, -0.15) is 4.72 Å². The maximum atomic E-state index is 12.5. The maximum Gasteiger partial charge on any atom is 0.250 e. The molecular weight excluding hydrogens is 312 g/mol. The molecule has 0 saturated heterocycles. The third-order valence-corrected chi connectivity index (χ3v) is 7.33. The molecule has 0 bridgehead atoms. The molecule has 1 fully saturated rings. The van der Waals surface area contributed by atoms with E-state index in [2.05, 4.69) is 11.6 Å². The van der Waals surface area contributed by atoms with Crippen LogP contribution >= 0.6 is 23.6 Å². The Labute approximate surface area is 129 Å². The lowest BCUT2D eigenvalue weighted by molar-refractivity contribution is 0.289. The highest BCUT2D eigenvalue weighted by Gasteiger charge is 2.40. The van der Waals surface area contributed by atoms with E-state index in [-0.39, 0.29) is 4.99 Å². The van der Waals surface area contributed by atoms with Gasteiger partial charge in [0.1, 0.15) is 4.21 Å². The molecule has 1 aromatic rings. The van der Waals surface area contributed by atoms with Crippen LogP contribution in [0.1, 0.15) is 37.5 Å². The Morgan fingerprint density at radius 1 is 1.45 bits per heavy atom. The Kier molecular flexibility index (Phi) is 4.53. The molecule has 7 heteroatoms. The number of nitrogens with one attached hydrogen (secondary N) is 1. The molecule has 1 aliphatic rings. The van der Waals surface area contributed by atoms with E-state index in [0.717, 1.165) is 17.7 Å². The molecule has 0 spiro atoms. The number of hydrogen-bond donors (Lipinski definition) is 2. The zero-order chi connectivity index (χ0) is 15.0. The highest BCUT2D eigenvalue weighted by atomic mass is 32.2. The minimum Gasteiger partial charge on any atom is -0.392 e. The lowest BCUT2D eigenvalue weighted by atomic mass is 9.78. The number of rotatable bonds is 4. The molecule has 2 rings (SSSR count). The van der Waals surface area contributed by atoms with E-state index in [1.54, 1.807) is 12.1 Å². The lowest BCUT2D eigenvalue weighted by Crippen LogP contribution is -2.58. The van der Waals surface area contributed by atoms with Gasteiger partial charge in [-0.05, 0) is 50.7 Å². The quantitative estimate of drug-likeness (QED) is 0.831. The van der Waals surface area contributed by atoms with E-state index in [1.165, 1.54) is 11.3 Å². The van der Waals surface area contributed by atoms with Crippen LogP contribution in [0.2, 0.25) is 0 Å². The molecule has 4 nitrogen and oxygen atoms in total. The summed E-state index contributed by atoms with van der Waals surface area (Å²) in [6.45, 7) is 4.05. The van der Waals surface area contributed by atoms with Gasteiger partial charge in [0.2, 0.25) is 0 Å². The van der Waals surface area contributed by atoms with Crippen LogP contribution in [0, 0.1) is 12.8 Å². The second-order valence-corrected chi connectivity index (χ2v) is 9.24. The largest absolute Gasteiger partial charge is 0.392 e. The van der Waals surface area contributed by atoms with Gasteiger partial charge in [-0.25, -0.2) is 8.42 Å². The van der Waals surface area contributed by atoms with Crippen molar-refractivity contribution >= 4 is 38.6 Å². The molecule has 3 N–H and O–H groups in total. The number of sulfonamides is 1. The van der Waals surface area contributed by atoms with E-state index >= 15 is 0 Å². The zero-order valence-electron chi connectivity index (χ0n) is 11.7. The molecule has 0 unspecified atom stereocenters. The molecular formula is C13H20N2O2S3. The minimum absolute atomic E-state index is 0.251. The highest BCUT2D eigenvalue weighted by molar-refractivity contribution is 7.91. The predicted molar refractivity (Wildman–Crippen MR) is 86.5 cm³/mol. The Morgan fingerprint density at radius 2 is 2.05 bits per heavy atom. The smallest absolute Gasteiger partial charge is 0.250 e. The van der Waals surface area contributed by atoms with Crippen molar-refractivity contribution in [2.45, 2.75) is 49.3 Å². The summed E-state index contributed by atoms with van der Waals surface area (Å²) in [4.78, 5) is 1.22. The third kappa shape index (κ3) is 3.21. The standard InChI is InChI=1S/C13H20N2O2S3/c1-9-5-7-13(8-6-9,12(14)18)15-20(16,17)11-4-3-10(2)19-11/h3-4,9,15H,5-8H2,1-2H3,(H2,14,18). The second kappa shape index (κ2) is 5.71. The summed E-state index contributed by atoms with van der Waals surface area (Å²) >= 11 is 6.40. The summed E-state index contributed by atoms with van der Waals surface area (Å²) in [5.74, 6) is 0.589. The van der Waals surface area contributed by atoms with Crippen molar-refractivity contribution in [2.24, 2.45) is 11.7 Å². The fourth-order valence-electron chi connectivity index (χ4n) is 2.52. The molecule has 112 valence electrons. The Balaban J connectivity index is 2.27. The van der Waals surface area contributed by atoms with Crippen molar-refractivity contribution in [2.75, 3.05) is 0 Å². The van der Waals surface area contributed by atoms with Crippen LogP contribution < -0.4 is 10.5 Å². The number of nitrogens with two attached hydrogens (primary N) is 1. The zero-order valence-corrected chi connectivity index (χ0v) is 14.1. The molecule has 0 amide bonds. The minimum atomic E-state index is -3.56. The summed E-state index contributed by atoms with van der Waals surface area (Å²) < 4.78 is 28.1. The van der Waals surface area contributed by atoms with Crippen molar-refractivity contribution in [3.63, 3.8) is 0 Å². The Bertz CT molecular complexity index is 599. The summed E-state index contributed by atoms with van der Waals surface area (Å²) in [6, 6.07) is 3.43. The molecule has 0 atom stereocenters. The third-order valence-electron chi connectivity index (χ3n) is 3.91. The van der Waals surface area contributed by atoms with Crippen molar-refractivity contribution < 1.29 is 8.42 Å². The van der Waals surface area contributed by atoms with Gasteiger partial charge < -0.3 is 5.73 Å². The normalized spacial score (nSPS) is 27.4.